The van der Waals surface area contributed by atoms with E-state index in [1.165, 1.54) is 0 Å². The van der Waals surface area contributed by atoms with E-state index in [9.17, 15) is 4.79 Å². The van der Waals surface area contributed by atoms with Gasteiger partial charge in [0.25, 0.3) is 0 Å². The Balaban J connectivity index is 1.76. The lowest BCUT2D eigenvalue weighted by atomic mass is 10.0. The molecular weight excluding hydrogens is 308 g/mol. The van der Waals surface area contributed by atoms with Crippen molar-refractivity contribution in [2.24, 2.45) is 0 Å². The lowest BCUT2D eigenvalue weighted by Crippen LogP contribution is -2.41. The summed E-state index contributed by atoms with van der Waals surface area (Å²) in [5, 5.41) is 14.2. The maximum Gasteiger partial charge on any atom is 0.318 e. The molecule has 8 heteroatoms. The molecule has 0 aromatic carbocycles. The molecule has 0 saturated carbocycles. The number of hydrogen-bond acceptors (Lipinski definition) is 5. The maximum atomic E-state index is 12.8. The zero-order chi connectivity index (χ0) is 17.3. The van der Waals surface area contributed by atoms with E-state index in [2.05, 4.69) is 25.7 Å². The SMILES string of the molecule is CCC(NC(=O)N1CCCC1c1c(C)n[nH]c1C)c1noc(C)n1. The van der Waals surface area contributed by atoms with E-state index in [0.717, 1.165) is 36.3 Å². The summed E-state index contributed by atoms with van der Waals surface area (Å²) in [6.45, 7) is 8.45. The standard InChI is InChI=1S/C16H24N6O2/c1-5-12(15-17-11(4)24-21-15)18-16(23)22-8-6-7-13(22)14-9(2)19-20-10(14)3/h12-13H,5-8H2,1-4H3,(H,18,23)(H,19,20). The Bertz CT molecular complexity index is 702. The second kappa shape index (κ2) is 6.62. The summed E-state index contributed by atoms with van der Waals surface area (Å²) in [7, 11) is 0. The normalized spacial score (nSPS) is 18.8. The Morgan fingerprint density at radius 3 is 2.83 bits per heavy atom. The Morgan fingerprint density at radius 1 is 1.46 bits per heavy atom. The molecular formula is C16H24N6O2. The van der Waals surface area contributed by atoms with Crippen molar-refractivity contribution in [3.63, 3.8) is 0 Å². The number of H-pyrrole nitrogens is 1. The van der Waals surface area contributed by atoms with Gasteiger partial charge in [-0.05, 0) is 33.1 Å². The van der Waals surface area contributed by atoms with Crippen LogP contribution in [0.3, 0.4) is 0 Å². The molecule has 24 heavy (non-hydrogen) atoms. The van der Waals surface area contributed by atoms with Gasteiger partial charge in [-0.15, -0.1) is 0 Å². The minimum absolute atomic E-state index is 0.0632. The number of aromatic nitrogens is 4. The fourth-order valence-corrected chi connectivity index (χ4v) is 3.40. The van der Waals surface area contributed by atoms with Gasteiger partial charge in [0.05, 0.1) is 17.8 Å². The van der Waals surface area contributed by atoms with Gasteiger partial charge in [0, 0.05) is 24.7 Å². The summed E-state index contributed by atoms with van der Waals surface area (Å²) in [5.74, 6) is 1.02. The van der Waals surface area contributed by atoms with Gasteiger partial charge in [-0.1, -0.05) is 12.1 Å². The van der Waals surface area contributed by atoms with E-state index in [0.29, 0.717) is 18.1 Å². The van der Waals surface area contributed by atoms with Crippen LogP contribution in [-0.4, -0.2) is 37.8 Å². The van der Waals surface area contributed by atoms with Gasteiger partial charge in [-0.2, -0.15) is 10.1 Å². The van der Waals surface area contributed by atoms with Crippen LogP contribution in [0.1, 0.15) is 66.9 Å². The molecule has 0 radical (unpaired) electrons. The molecule has 3 rings (SSSR count). The Hall–Kier alpha value is -2.38. The number of rotatable bonds is 4. The quantitative estimate of drug-likeness (QED) is 0.896. The van der Waals surface area contributed by atoms with Gasteiger partial charge in [0.2, 0.25) is 5.89 Å². The third-order valence-corrected chi connectivity index (χ3v) is 4.59. The van der Waals surface area contributed by atoms with Crippen molar-refractivity contribution < 1.29 is 9.32 Å². The number of carbonyl (C=O) groups excluding carboxylic acids is 1. The molecule has 0 spiro atoms. The van der Waals surface area contributed by atoms with Crippen molar-refractivity contribution in [3.8, 4) is 0 Å². The molecule has 1 saturated heterocycles. The lowest BCUT2D eigenvalue weighted by Gasteiger charge is -2.27. The summed E-state index contributed by atoms with van der Waals surface area (Å²) in [6.07, 6.45) is 2.64. The zero-order valence-corrected chi connectivity index (χ0v) is 14.6. The van der Waals surface area contributed by atoms with E-state index in [1.807, 2.05) is 25.7 Å². The number of likely N-dealkylation sites (tertiary alicyclic amines) is 1. The molecule has 1 aliphatic rings. The van der Waals surface area contributed by atoms with Crippen molar-refractivity contribution in [1.82, 2.24) is 30.6 Å². The topological polar surface area (TPSA) is 99.9 Å². The maximum absolute atomic E-state index is 12.8. The Labute approximate surface area is 141 Å². The van der Waals surface area contributed by atoms with Crippen LogP contribution in [0.2, 0.25) is 0 Å². The molecule has 1 aliphatic heterocycles. The highest BCUT2D eigenvalue weighted by molar-refractivity contribution is 5.75. The number of aryl methyl sites for hydroxylation is 3. The first kappa shape index (κ1) is 16.5. The molecule has 3 heterocycles. The van der Waals surface area contributed by atoms with Crippen molar-refractivity contribution in [2.45, 2.75) is 59.0 Å². The molecule has 2 aromatic rings. The van der Waals surface area contributed by atoms with E-state index in [4.69, 9.17) is 4.52 Å². The van der Waals surface area contributed by atoms with Crippen LogP contribution in [-0.2, 0) is 0 Å². The molecule has 2 aromatic heterocycles. The van der Waals surface area contributed by atoms with Gasteiger partial charge in [0.1, 0.15) is 0 Å². The summed E-state index contributed by atoms with van der Waals surface area (Å²) < 4.78 is 5.03. The highest BCUT2D eigenvalue weighted by Crippen LogP contribution is 2.35. The van der Waals surface area contributed by atoms with E-state index in [-0.39, 0.29) is 18.1 Å². The van der Waals surface area contributed by atoms with Crippen LogP contribution in [0.25, 0.3) is 0 Å². The molecule has 0 bridgehead atoms. The molecule has 130 valence electrons. The Morgan fingerprint density at radius 2 is 2.25 bits per heavy atom. The number of nitrogens with one attached hydrogen (secondary N) is 2. The first-order valence-corrected chi connectivity index (χ1v) is 8.40. The molecule has 2 amide bonds. The van der Waals surface area contributed by atoms with Crippen LogP contribution in [0.5, 0.6) is 0 Å². The number of amides is 2. The van der Waals surface area contributed by atoms with Crippen molar-refractivity contribution >= 4 is 6.03 Å². The fourth-order valence-electron chi connectivity index (χ4n) is 3.40. The Kier molecular flexibility index (Phi) is 4.55. The smallest absolute Gasteiger partial charge is 0.318 e. The molecule has 1 fully saturated rings. The predicted molar refractivity (Wildman–Crippen MR) is 87.3 cm³/mol. The van der Waals surface area contributed by atoms with Crippen LogP contribution < -0.4 is 5.32 Å². The number of aromatic amines is 1. The monoisotopic (exact) mass is 332 g/mol. The summed E-state index contributed by atoms with van der Waals surface area (Å²) in [4.78, 5) is 18.9. The van der Waals surface area contributed by atoms with Crippen molar-refractivity contribution in [3.05, 3.63) is 28.7 Å². The molecule has 2 unspecified atom stereocenters. The first-order valence-electron chi connectivity index (χ1n) is 8.40. The van der Waals surface area contributed by atoms with Gasteiger partial charge < -0.3 is 14.7 Å². The summed E-state index contributed by atoms with van der Waals surface area (Å²) >= 11 is 0. The minimum atomic E-state index is -0.247. The summed E-state index contributed by atoms with van der Waals surface area (Å²) in [5.41, 5.74) is 3.11. The van der Waals surface area contributed by atoms with E-state index < -0.39 is 0 Å². The average molecular weight is 332 g/mol. The van der Waals surface area contributed by atoms with E-state index >= 15 is 0 Å². The summed E-state index contributed by atoms with van der Waals surface area (Å²) in [6, 6.07) is -0.275. The second-order valence-electron chi connectivity index (χ2n) is 6.28. The largest absolute Gasteiger partial charge is 0.340 e. The highest BCUT2D eigenvalue weighted by Gasteiger charge is 2.34. The first-order chi connectivity index (χ1) is 11.5. The third-order valence-electron chi connectivity index (χ3n) is 4.59. The zero-order valence-electron chi connectivity index (χ0n) is 14.6. The number of carbonyl (C=O) groups is 1. The van der Waals surface area contributed by atoms with E-state index in [1.54, 1.807) is 6.92 Å². The molecule has 8 nitrogen and oxygen atoms in total. The van der Waals surface area contributed by atoms with Crippen LogP contribution >= 0.6 is 0 Å². The highest BCUT2D eigenvalue weighted by atomic mass is 16.5. The third kappa shape index (κ3) is 3.00. The molecule has 2 atom stereocenters. The minimum Gasteiger partial charge on any atom is -0.340 e. The van der Waals surface area contributed by atoms with Crippen molar-refractivity contribution in [2.75, 3.05) is 6.54 Å². The number of urea groups is 1. The van der Waals surface area contributed by atoms with Crippen LogP contribution in [0.4, 0.5) is 4.79 Å². The predicted octanol–water partition coefficient (Wildman–Crippen LogP) is 2.72. The van der Waals surface area contributed by atoms with Crippen LogP contribution in [0.15, 0.2) is 4.52 Å². The van der Waals surface area contributed by atoms with Gasteiger partial charge >= 0.3 is 6.03 Å². The number of nitrogens with zero attached hydrogens (tertiary/aromatic N) is 4. The lowest BCUT2D eigenvalue weighted by molar-refractivity contribution is 0.187. The van der Waals surface area contributed by atoms with Gasteiger partial charge in [-0.25, -0.2) is 4.79 Å². The molecule has 0 aliphatic carbocycles. The van der Waals surface area contributed by atoms with Gasteiger partial charge in [0.15, 0.2) is 5.82 Å². The van der Waals surface area contributed by atoms with Crippen molar-refractivity contribution in [1.29, 1.82) is 0 Å². The second-order valence-corrected chi connectivity index (χ2v) is 6.28. The average Bonchev–Trinajstić information content (AvgIpc) is 3.26. The number of hydrogen-bond donors (Lipinski definition) is 2. The van der Waals surface area contributed by atoms with Crippen LogP contribution in [0, 0.1) is 20.8 Å². The van der Waals surface area contributed by atoms with Gasteiger partial charge in [-0.3, -0.25) is 5.10 Å². The fraction of sp³-hybridized carbons (Fsp3) is 0.625. The molecule has 2 N–H and O–H groups in total.